The van der Waals surface area contributed by atoms with Crippen LogP contribution in [0.1, 0.15) is 11.1 Å². The molecule has 0 spiro atoms. The molecule has 0 saturated carbocycles. The van der Waals surface area contributed by atoms with Crippen molar-refractivity contribution in [3.63, 3.8) is 0 Å². The largest absolute Gasteiger partial charge is 0.309 e. The maximum absolute atomic E-state index is 8.95. The first-order valence-corrected chi connectivity index (χ1v) is 20.7. The monoisotopic (exact) mass is 780 g/mol. The molecule has 2 heterocycles. The first kappa shape index (κ1) is 35.9. The summed E-state index contributed by atoms with van der Waals surface area (Å²) in [6, 6.07) is 79.3. The smallest absolute Gasteiger partial charge is 0.0710 e. The molecule has 0 bridgehead atoms. The van der Waals surface area contributed by atoms with Gasteiger partial charge >= 0.3 is 0 Å². The van der Waals surface area contributed by atoms with Gasteiger partial charge in [-0.05, 0) is 99.1 Å². The number of hydrogen-bond acceptors (Lipinski definition) is 2. The molecule has 0 atom stereocenters. The highest BCUT2D eigenvalue weighted by atomic mass is 15.4. The van der Waals surface area contributed by atoms with E-state index in [9.17, 15) is 0 Å². The fourth-order valence-electron chi connectivity index (χ4n) is 8.75. The second-order valence-corrected chi connectivity index (χ2v) is 15.5. The fraction of sp³-hybridized carbons (Fsp3) is 0. The van der Waals surface area contributed by atoms with Crippen LogP contribution in [0.3, 0.4) is 0 Å². The lowest BCUT2D eigenvalue weighted by molar-refractivity contribution is 1.06. The van der Waals surface area contributed by atoms with Gasteiger partial charge in [-0.2, -0.15) is 0 Å². The van der Waals surface area contributed by atoms with Crippen molar-refractivity contribution in [3.05, 3.63) is 242 Å². The van der Waals surface area contributed by atoms with E-state index in [0.29, 0.717) is 5.71 Å². The summed E-state index contributed by atoms with van der Waals surface area (Å²) in [4.78, 5) is 0. The Morgan fingerprint density at radius 1 is 0.361 bits per heavy atom. The minimum absolute atomic E-state index is 0.441. The quantitative estimate of drug-likeness (QED) is 0.141. The molecule has 0 fully saturated rings. The molecule has 4 heteroatoms. The molecule has 9 aromatic carbocycles. The van der Waals surface area contributed by atoms with E-state index in [1.807, 2.05) is 54.6 Å². The van der Waals surface area contributed by atoms with Gasteiger partial charge < -0.3 is 9.98 Å². The van der Waals surface area contributed by atoms with Gasteiger partial charge in [0, 0.05) is 27.2 Å². The summed E-state index contributed by atoms with van der Waals surface area (Å²) in [6.07, 6.45) is 1.92. The third-order valence-corrected chi connectivity index (χ3v) is 11.8. The highest BCUT2D eigenvalue weighted by molar-refractivity contribution is 6.13. The Kier molecular flexibility index (Phi) is 8.94. The van der Waals surface area contributed by atoms with Gasteiger partial charge in [-0.3, -0.25) is 10.1 Å². The second kappa shape index (κ2) is 15.2. The van der Waals surface area contributed by atoms with E-state index in [1.54, 1.807) is 0 Å². The summed E-state index contributed by atoms with van der Waals surface area (Å²) < 4.78 is 4.51. The van der Waals surface area contributed by atoms with E-state index in [-0.39, 0.29) is 0 Å². The number of fused-ring (bicyclic) bond motifs is 6. The molecule has 0 saturated heterocycles. The van der Waals surface area contributed by atoms with Gasteiger partial charge in [0.1, 0.15) is 0 Å². The van der Waals surface area contributed by atoms with Crippen LogP contribution in [0, 0.1) is 5.41 Å². The van der Waals surface area contributed by atoms with Crippen molar-refractivity contribution < 1.29 is 0 Å². The molecule has 0 amide bonds. The summed E-state index contributed by atoms with van der Waals surface area (Å²) >= 11 is 0. The summed E-state index contributed by atoms with van der Waals surface area (Å²) in [6.45, 7) is 0. The molecular weight excluding hydrogens is 741 g/mol. The molecule has 0 radical (unpaired) electrons. The van der Waals surface area contributed by atoms with Crippen molar-refractivity contribution in [2.24, 2.45) is 0 Å². The number of aromatic nitrogens is 2. The third kappa shape index (κ3) is 6.57. The zero-order valence-electron chi connectivity index (χ0n) is 33.3. The van der Waals surface area contributed by atoms with Crippen LogP contribution in [0.15, 0.2) is 231 Å². The van der Waals surface area contributed by atoms with Crippen LogP contribution in [0.25, 0.3) is 88.4 Å². The van der Waals surface area contributed by atoms with Crippen LogP contribution in [0.2, 0.25) is 0 Å². The van der Waals surface area contributed by atoms with E-state index >= 15 is 0 Å². The van der Waals surface area contributed by atoms with Gasteiger partial charge in [0.2, 0.25) is 0 Å². The number of rotatable bonds is 9. The molecule has 288 valence electrons. The molecule has 0 aliphatic heterocycles. The summed E-state index contributed by atoms with van der Waals surface area (Å²) in [5.74, 6) is 0. The highest BCUT2D eigenvalue weighted by Gasteiger charge is 2.16. The minimum Gasteiger partial charge on any atom is -0.309 e. The number of nitrogens with one attached hydrogen (secondary N) is 2. The van der Waals surface area contributed by atoms with Gasteiger partial charge in [-0.15, -0.1) is 0 Å². The topological polar surface area (TPSA) is 45.7 Å². The standard InChI is InChI=1S/C57H40N4/c58-52(43-14-4-1-5-15-43)38-53(44-16-6-2-7-17-44)59-61-56-23-13-11-21-49(56)51-37-46(33-35-57(51)61)42-30-26-40(27-31-42)39-24-28-41(29-25-39)45-32-34-55-50(36-45)48-20-10-12-22-54(48)60(55)47-18-8-3-9-19-47/h1-38,58-59H/b53-38-,58-52?. The number of allylic oxidation sites excluding steroid dienone is 1. The van der Waals surface area contributed by atoms with Gasteiger partial charge in [0.05, 0.1) is 33.5 Å². The Morgan fingerprint density at radius 2 is 0.754 bits per heavy atom. The first-order chi connectivity index (χ1) is 30.2. The first-order valence-electron chi connectivity index (χ1n) is 20.7. The van der Waals surface area contributed by atoms with Crippen LogP contribution >= 0.6 is 0 Å². The normalized spacial score (nSPS) is 11.8. The Balaban J connectivity index is 0.887. The second-order valence-electron chi connectivity index (χ2n) is 15.5. The van der Waals surface area contributed by atoms with E-state index in [4.69, 9.17) is 5.41 Å². The Morgan fingerprint density at radius 3 is 1.34 bits per heavy atom. The van der Waals surface area contributed by atoms with E-state index in [2.05, 4.69) is 191 Å². The van der Waals surface area contributed by atoms with Crippen molar-refractivity contribution in [1.29, 1.82) is 5.41 Å². The van der Waals surface area contributed by atoms with Gasteiger partial charge in [-0.1, -0.05) is 176 Å². The lowest BCUT2D eigenvalue weighted by Crippen LogP contribution is -2.14. The molecular formula is C57H40N4. The molecule has 0 aliphatic rings. The molecule has 2 aromatic heterocycles. The average molecular weight is 781 g/mol. The molecule has 4 nitrogen and oxygen atoms in total. The van der Waals surface area contributed by atoms with Crippen LogP contribution in [0.4, 0.5) is 0 Å². The average Bonchev–Trinajstić information content (AvgIpc) is 3.84. The van der Waals surface area contributed by atoms with E-state index in [1.165, 1.54) is 49.7 Å². The molecule has 2 N–H and O–H groups in total. The van der Waals surface area contributed by atoms with Crippen LogP contribution in [0.5, 0.6) is 0 Å². The van der Waals surface area contributed by atoms with Gasteiger partial charge in [0.15, 0.2) is 0 Å². The van der Waals surface area contributed by atoms with E-state index < -0.39 is 0 Å². The Bertz CT molecular complexity index is 3410. The van der Waals surface area contributed by atoms with Crippen molar-refractivity contribution in [1.82, 2.24) is 9.24 Å². The maximum Gasteiger partial charge on any atom is 0.0710 e. The zero-order chi connectivity index (χ0) is 40.7. The number of benzene rings is 9. The number of nitrogens with zero attached hydrogens (tertiary/aromatic N) is 2. The highest BCUT2D eigenvalue weighted by Crippen LogP contribution is 2.37. The Hall–Kier alpha value is -8.21. The minimum atomic E-state index is 0.441. The molecule has 0 aliphatic carbocycles. The van der Waals surface area contributed by atoms with Crippen LogP contribution < -0.4 is 5.43 Å². The fourth-order valence-corrected chi connectivity index (χ4v) is 8.75. The lowest BCUT2D eigenvalue weighted by Gasteiger charge is -2.16. The lowest BCUT2D eigenvalue weighted by atomic mass is 9.97. The van der Waals surface area contributed by atoms with Crippen molar-refractivity contribution >= 4 is 55.0 Å². The number of para-hydroxylation sites is 3. The van der Waals surface area contributed by atoms with E-state index in [0.717, 1.165) is 49.8 Å². The van der Waals surface area contributed by atoms with Gasteiger partial charge in [-0.25, -0.2) is 0 Å². The third-order valence-electron chi connectivity index (χ3n) is 11.8. The predicted octanol–water partition coefficient (Wildman–Crippen LogP) is 14.5. The summed E-state index contributed by atoms with van der Waals surface area (Å²) in [7, 11) is 0. The van der Waals surface area contributed by atoms with Crippen molar-refractivity contribution in [2.45, 2.75) is 0 Å². The molecule has 0 unspecified atom stereocenters. The molecule has 61 heavy (non-hydrogen) atoms. The zero-order valence-corrected chi connectivity index (χ0v) is 33.3. The molecule has 11 rings (SSSR count). The SMILES string of the molecule is N=C(/C=C(\Nn1c2ccccc2c2cc(-c3ccc(-c4ccc(-c5ccc6c(c5)c5ccccc5n6-c5ccccc5)cc4)cc3)ccc21)c1ccccc1)c1ccccc1. The van der Waals surface area contributed by atoms with Crippen molar-refractivity contribution in [3.8, 4) is 39.1 Å². The summed E-state index contributed by atoms with van der Waals surface area (Å²) in [5.41, 5.74) is 19.7. The Labute approximate surface area is 354 Å². The van der Waals surface area contributed by atoms with Crippen LogP contribution in [-0.4, -0.2) is 15.0 Å². The van der Waals surface area contributed by atoms with Crippen LogP contribution in [-0.2, 0) is 0 Å². The van der Waals surface area contributed by atoms with Gasteiger partial charge in [0.25, 0.3) is 0 Å². The predicted molar refractivity (Wildman–Crippen MR) is 257 cm³/mol. The van der Waals surface area contributed by atoms with Crippen molar-refractivity contribution in [2.75, 3.05) is 5.43 Å². The number of hydrogen-bond donors (Lipinski definition) is 2. The molecule has 11 aromatic rings. The summed E-state index contributed by atoms with van der Waals surface area (Å²) in [5, 5.41) is 13.8. The maximum atomic E-state index is 8.95.